The normalized spacial score (nSPS) is 19.4. The van der Waals surface area contributed by atoms with Crippen molar-refractivity contribution in [2.75, 3.05) is 0 Å². The number of rotatable bonds is 3. The maximum Gasteiger partial charge on any atom is 0.134 e. The molecule has 0 atom stereocenters. The topological polar surface area (TPSA) is 56.7 Å². The van der Waals surface area contributed by atoms with E-state index in [1.807, 2.05) is 6.92 Å². The van der Waals surface area contributed by atoms with Gasteiger partial charge in [0.1, 0.15) is 11.6 Å². The van der Waals surface area contributed by atoms with E-state index in [0.29, 0.717) is 0 Å². The summed E-state index contributed by atoms with van der Waals surface area (Å²) in [4.78, 5) is 0. The zero-order valence-electron chi connectivity index (χ0n) is 8.95. The molecule has 0 bridgehead atoms. The minimum atomic E-state index is 0.00634. The summed E-state index contributed by atoms with van der Waals surface area (Å²) in [5, 5.41) is 8.27. The fourth-order valence-corrected chi connectivity index (χ4v) is 2.09. The van der Waals surface area contributed by atoms with Gasteiger partial charge >= 0.3 is 0 Å². The van der Waals surface area contributed by atoms with E-state index in [1.165, 1.54) is 6.42 Å². The Labute approximate surface area is 84.5 Å². The third-order valence-electron chi connectivity index (χ3n) is 3.19. The minimum Gasteiger partial charge on any atom is -0.325 e. The third kappa shape index (κ3) is 1.54. The third-order valence-corrected chi connectivity index (χ3v) is 3.19. The highest BCUT2D eigenvalue weighted by atomic mass is 15.3. The maximum atomic E-state index is 6.19. The van der Waals surface area contributed by atoms with Crippen molar-refractivity contribution in [3.05, 3.63) is 11.6 Å². The average molecular weight is 194 g/mol. The Morgan fingerprint density at radius 2 is 2.14 bits per heavy atom. The van der Waals surface area contributed by atoms with Gasteiger partial charge in [0, 0.05) is 18.5 Å². The number of aryl methyl sites for hydroxylation is 1. The highest BCUT2D eigenvalue weighted by molar-refractivity contribution is 5.04. The van der Waals surface area contributed by atoms with Crippen LogP contribution in [0.3, 0.4) is 0 Å². The van der Waals surface area contributed by atoms with E-state index in [0.717, 1.165) is 37.5 Å². The zero-order valence-corrected chi connectivity index (χ0v) is 8.95. The molecule has 1 aliphatic rings. The first kappa shape index (κ1) is 9.65. The van der Waals surface area contributed by atoms with Crippen molar-refractivity contribution in [2.24, 2.45) is 5.73 Å². The Kier molecular flexibility index (Phi) is 2.31. The number of nitrogens with zero attached hydrogens (tertiary/aromatic N) is 3. The van der Waals surface area contributed by atoms with E-state index < -0.39 is 0 Å². The molecule has 1 aromatic rings. The summed E-state index contributed by atoms with van der Waals surface area (Å²) in [7, 11) is 0. The molecule has 4 heteroatoms. The summed E-state index contributed by atoms with van der Waals surface area (Å²) in [6.07, 6.45) is 4.39. The summed E-state index contributed by atoms with van der Waals surface area (Å²) in [6, 6.07) is 0. The lowest BCUT2D eigenvalue weighted by atomic mass is 9.75. The summed E-state index contributed by atoms with van der Waals surface area (Å²) < 4.78 is 2.15. The Morgan fingerprint density at radius 1 is 1.43 bits per heavy atom. The van der Waals surface area contributed by atoms with Gasteiger partial charge < -0.3 is 10.3 Å². The molecule has 0 amide bonds. The van der Waals surface area contributed by atoms with Gasteiger partial charge in [-0.15, -0.1) is 10.2 Å². The first-order valence-corrected chi connectivity index (χ1v) is 5.32. The molecule has 14 heavy (non-hydrogen) atoms. The van der Waals surface area contributed by atoms with Crippen LogP contribution in [0.5, 0.6) is 0 Å². The first-order chi connectivity index (χ1) is 6.64. The molecule has 1 heterocycles. The van der Waals surface area contributed by atoms with Gasteiger partial charge in [-0.25, -0.2) is 0 Å². The molecule has 1 aliphatic carbocycles. The Bertz CT molecular complexity index is 325. The van der Waals surface area contributed by atoms with Crippen LogP contribution >= 0.6 is 0 Å². The van der Waals surface area contributed by atoms with Gasteiger partial charge in [0.15, 0.2) is 0 Å². The lowest BCUT2D eigenvalue weighted by molar-refractivity contribution is 0.241. The van der Waals surface area contributed by atoms with Gasteiger partial charge in [0.2, 0.25) is 0 Å². The van der Waals surface area contributed by atoms with Crippen LogP contribution < -0.4 is 5.73 Å². The molecule has 0 aliphatic heterocycles. The van der Waals surface area contributed by atoms with E-state index in [2.05, 4.69) is 21.7 Å². The molecule has 0 aromatic carbocycles. The molecule has 0 saturated heterocycles. The molecule has 1 aromatic heterocycles. The second-order valence-corrected chi connectivity index (χ2v) is 4.30. The van der Waals surface area contributed by atoms with Gasteiger partial charge in [-0.1, -0.05) is 0 Å². The van der Waals surface area contributed by atoms with Crippen molar-refractivity contribution in [3.8, 4) is 0 Å². The monoisotopic (exact) mass is 194 g/mol. The molecule has 0 unspecified atom stereocenters. The number of aromatic nitrogens is 3. The van der Waals surface area contributed by atoms with E-state index >= 15 is 0 Å². The fraction of sp³-hybridized carbons (Fsp3) is 0.800. The molecule has 78 valence electrons. The highest BCUT2D eigenvalue weighted by Gasteiger charge is 2.34. The van der Waals surface area contributed by atoms with Crippen molar-refractivity contribution >= 4 is 0 Å². The molecule has 1 saturated carbocycles. The van der Waals surface area contributed by atoms with Crippen LogP contribution in [-0.4, -0.2) is 20.3 Å². The van der Waals surface area contributed by atoms with Crippen LogP contribution in [0.25, 0.3) is 0 Å². The Morgan fingerprint density at radius 3 is 2.64 bits per heavy atom. The molecular formula is C10H18N4. The summed E-state index contributed by atoms with van der Waals surface area (Å²) in [6.45, 7) is 5.04. The van der Waals surface area contributed by atoms with Crippen molar-refractivity contribution < 1.29 is 0 Å². The summed E-state index contributed by atoms with van der Waals surface area (Å²) in [5.74, 6) is 2.04. The fourth-order valence-electron chi connectivity index (χ4n) is 2.09. The molecule has 0 radical (unpaired) electrons. The molecular weight excluding hydrogens is 176 g/mol. The lowest BCUT2D eigenvalue weighted by Gasteiger charge is -2.37. The van der Waals surface area contributed by atoms with Crippen LogP contribution in [-0.2, 0) is 13.0 Å². The van der Waals surface area contributed by atoms with Crippen molar-refractivity contribution in [1.82, 2.24) is 14.8 Å². The quantitative estimate of drug-likeness (QED) is 0.782. The first-order valence-electron chi connectivity index (χ1n) is 5.32. The van der Waals surface area contributed by atoms with Crippen LogP contribution in [0.1, 0.15) is 37.8 Å². The van der Waals surface area contributed by atoms with E-state index in [4.69, 9.17) is 5.73 Å². The van der Waals surface area contributed by atoms with Crippen molar-refractivity contribution in [3.63, 3.8) is 0 Å². The standard InChI is InChI=1S/C10H18N4/c1-3-14-8(2)12-13-9(14)7-10(11)5-4-6-10/h3-7,11H2,1-2H3. The van der Waals surface area contributed by atoms with Crippen molar-refractivity contribution in [1.29, 1.82) is 0 Å². The summed E-state index contributed by atoms with van der Waals surface area (Å²) >= 11 is 0. The highest BCUT2D eigenvalue weighted by Crippen LogP contribution is 2.31. The smallest absolute Gasteiger partial charge is 0.134 e. The number of nitrogens with two attached hydrogens (primary N) is 1. The maximum absolute atomic E-state index is 6.19. The van der Waals surface area contributed by atoms with Crippen LogP contribution in [0.15, 0.2) is 0 Å². The number of hydrogen-bond acceptors (Lipinski definition) is 3. The molecule has 2 N–H and O–H groups in total. The van der Waals surface area contributed by atoms with Crippen LogP contribution in [0, 0.1) is 6.92 Å². The SMILES string of the molecule is CCn1c(C)nnc1CC1(N)CCC1. The van der Waals surface area contributed by atoms with Gasteiger partial charge in [-0.3, -0.25) is 0 Å². The second-order valence-electron chi connectivity index (χ2n) is 4.30. The zero-order chi connectivity index (χ0) is 10.2. The van der Waals surface area contributed by atoms with Crippen LogP contribution in [0.2, 0.25) is 0 Å². The summed E-state index contributed by atoms with van der Waals surface area (Å²) in [5.41, 5.74) is 6.19. The second kappa shape index (κ2) is 3.35. The predicted molar refractivity (Wildman–Crippen MR) is 54.9 cm³/mol. The molecule has 4 nitrogen and oxygen atoms in total. The lowest BCUT2D eigenvalue weighted by Crippen LogP contribution is -2.48. The van der Waals surface area contributed by atoms with E-state index in [9.17, 15) is 0 Å². The minimum absolute atomic E-state index is 0.00634. The van der Waals surface area contributed by atoms with E-state index in [-0.39, 0.29) is 5.54 Å². The Balaban J connectivity index is 2.15. The molecule has 0 spiro atoms. The van der Waals surface area contributed by atoms with Gasteiger partial charge in [0.25, 0.3) is 0 Å². The molecule has 2 rings (SSSR count). The van der Waals surface area contributed by atoms with Gasteiger partial charge in [0.05, 0.1) is 0 Å². The predicted octanol–water partition coefficient (Wildman–Crippen LogP) is 1.03. The average Bonchev–Trinajstić information content (AvgIpc) is 2.44. The molecule has 1 fully saturated rings. The van der Waals surface area contributed by atoms with Gasteiger partial charge in [-0.05, 0) is 33.1 Å². The van der Waals surface area contributed by atoms with Gasteiger partial charge in [-0.2, -0.15) is 0 Å². The van der Waals surface area contributed by atoms with E-state index in [1.54, 1.807) is 0 Å². The largest absolute Gasteiger partial charge is 0.325 e. The van der Waals surface area contributed by atoms with Crippen molar-refractivity contribution in [2.45, 2.75) is 51.6 Å². The Hall–Kier alpha value is -0.900. The number of hydrogen-bond donors (Lipinski definition) is 1. The van der Waals surface area contributed by atoms with Crippen LogP contribution in [0.4, 0.5) is 0 Å².